The Balaban J connectivity index is 2.59. The number of amides is 10. The summed E-state index contributed by atoms with van der Waals surface area (Å²) in [4.78, 5) is 132. The highest BCUT2D eigenvalue weighted by molar-refractivity contribution is 5.98. The van der Waals surface area contributed by atoms with E-state index in [1.807, 2.05) is 0 Å². The zero-order valence-electron chi connectivity index (χ0n) is 35.4. The van der Waals surface area contributed by atoms with Crippen molar-refractivity contribution in [2.24, 2.45) is 28.5 Å². The number of phenolic OH excluding ortho intramolecular Hbond substituents is 1. The van der Waals surface area contributed by atoms with E-state index in [1.54, 1.807) is 46.8 Å². The summed E-state index contributed by atoms with van der Waals surface area (Å²) in [5, 5.41) is 28.0. The number of phenols is 1. The number of nitrogens with zero attached hydrogens (tertiary/aromatic N) is 1. The maximum atomic E-state index is 14.1. The molecule has 338 valence electrons. The lowest BCUT2D eigenvalue weighted by atomic mass is 9.86. The highest BCUT2D eigenvalue weighted by Crippen LogP contribution is 2.20. The fourth-order valence-electron chi connectivity index (χ4n) is 6.23. The normalized spacial score (nSPS) is 21.6. The minimum atomic E-state index is -1.69. The fraction of sp³-hybridized carbons (Fsp3) is 0.590. The van der Waals surface area contributed by atoms with E-state index in [9.17, 15) is 53.1 Å². The average Bonchev–Trinajstić information content (AvgIpc) is 3.17. The van der Waals surface area contributed by atoms with Crippen LogP contribution in [-0.4, -0.2) is 132 Å². The van der Waals surface area contributed by atoms with Crippen LogP contribution in [0, 0.1) is 11.3 Å². The van der Waals surface area contributed by atoms with E-state index >= 15 is 0 Å². The van der Waals surface area contributed by atoms with Gasteiger partial charge in [-0.2, -0.15) is 0 Å². The molecule has 7 atom stereocenters. The molecule has 1 aliphatic rings. The van der Waals surface area contributed by atoms with Gasteiger partial charge in [-0.05, 0) is 54.8 Å². The predicted octanol–water partition coefficient (Wildman–Crippen LogP) is -3.99. The summed E-state index contributed by atoms with van der Waals surface area (Å²) in [5.41, 5.74) is 15.7. The second-order valence-corrected chi connectivity index (χ2v) is 16.1. The lowest BCUT2D eigenvalue weighted by molar-refractivity contribution is -0.140. The molecule has 10 amide bonds. The van der Waals surface area contributed by atoms with Crippen molar-refractivity contribution in [3.63, 3.8) is 0 Å². The second kappa shape index (κ2) is 23.5. The van der Waals surface area contributed by atoms with Crippen LogP contribution in [0.3, 0.4) is 0 Å². The van der Waals surface area contributed by atoms with Crippen LogP contribution in [0.1, 0.15) is 72.3 Å². The summed E-state index contributed by atoms with van der Waals surface area (Å²) in [6.45, 7) is 7.22. The Morgan fingerprint density at radius 2 is 1.43 bits per heavy atom. The Labute approximate surface area is 354 Å². The summed E-state index contributed by atoms with van der Waals surface area (Å²) >= 11 is 0. The molecule has 1 aliphatic heterocycles. The number of nitrogens with two attached hydrogens (primary N) is 3. The van der Waals surface area contributed by atoms with Gasteiger partial charge in [-0.25, -0.2) is 0 Å². The molecule has 1 aromatic rings. The Morgan fingerprint density at radius 1 is 0.836 bits per heavy atom. The molecule has 1 saturated heterocycles. The summed E-state index contributed by atoms with van der Waals surface area (Å²) in [6, 6.07) is -2.09. The van der Waals surface area contributed by atoms with Gasteiger partial charge in [-0.15, -0.1) is 0 Å². The van der Waals surface area contributed by atoms with Gasteiger partial charge >= 0.3 is 0 Å². The maximum absolute atomic E-state index is 14.1. The van der Waals surface area contributed by atoms with Crippen molar-refractivity contribution < 1.29 is 53.1 Å². The van der Waals surface area contributed by atoms with Crippen LogP contribution in [0.4, 0.5) is 0 Å². The number of benzene rings is 1. The van der Waals surface area contributed by atoms with E-state index in [4.69, 9.17) is 17.2 Å². The summed E-state index contributed by atoms with van der Waals surface area (Å²) in [7, 11) is 1.25. The Bertz CT molecular complexity index is 1780. The number of likely N-dealkylation sites (N-methyl/N-ethyl adjacent to an activating group) is 1. The third kappa shape index (κ3) is 17.1. The Hall–Kier alpha value is -6.32. The Kier molecular flexibility index (Phi) is 19.5. The van der Waals surface area contributed by atoms with E-state index in [0.29, 0.717) is 12.0 Å². The molecule has 0 bridgehead atoms. The minimum absolute atomic E-state index is 0.0209. The summed E-state index contributed by atoms with van der Waals surface area (Å²) in [5.74, 6) is -8.94. The molecule has 22 heteroatoms. The van der Waals surface area contributed by atoms with Gasteiger partial charge in [0.1, 0.15) is 36.0 Å². The molecule has 1 heterocycles. The van der Waals surface area contributed by atoms with Crippen LogP contribution in [0.25, 0.3) is 0 Å². The Morgan fingerprint density at radius 3 is 1.98 bits per heavy atom. The highest BCUT2D eigenvalue weighted by atomic mass is 16.3. The SMILES string of the molecule is CC[C@H](C)[C@@H]1NC(=O)[C@H](Cc2ccc(O)cc2)NCC[C@@H](C(=O)N(C)CC(=O)N[C@H](C(=O)NCC(N)=O)C(C)(C)C)NC(=O)[C@H](CC(N)=O)NC(=O)[C@H](CCC(N)=O)NC1=O. The number of hydrogen-bond donors (Lipinski definition) is 11. The number of nitrogens with one attached hydrogen (secondary N) is 7. The molecule has 1 fully saturated rings. The molecule has 1 aromatic carbocycles. The van der Waals surface area contributed by atoms with Crippen molar-refractivity contribution in [1.29, 1.82) is 0 Å². The van der Waals surface area contributed by atoms with E-state index in [0.717, 1.165) is 4.90 Å². The van der Waals surface area contributed by atoms with Crippen molar-refractivity contribution in [1.82, 2.24) is 42.1 Å². The first kappa shape index (κ1) is 50.8. The lowest BCUT2D eigenvalue weighted by Gasteiger charge is -2.32. The third-order valence-electron chi connectivity index (χ3n) is 9.90. The number of hydrogen-bond acceptors (Lipinski definition) is 12. The van der Waals surface area contributed by atoms with Crippen LogP contribution in [-0.2, 0) is 54.4 Å². The lowest BCUT2D eigenvalue weighted by Crippen LogP contribution is -2.61. The number of carbonyl (C=O) groups excluding carboxylic acids is 10. The first-order valence-electron chi connectivity index (χ1n) is 19.8. The van der Waals surface area contributed by atoms with Gasteiger partial charge in [0, 0.05) is 13.5 Å². The van der Waals surface area contributed by atoms with Crippen LogP contribution >= 0.6 is 0 Å². The van der Waals surface area contributed by atoms with Gasteiger partial charge in [0.2, 0.25) is 59.1 Å². The van der Waals surface area contributed by atoms with Crippen molar-refractivity contribution >= 4 is 59.1 Å². The molecular weight excluding hydrogens is 798 g/mol. The molecule has 2 rings (SSSR count). The van der Waals surface area contributed by atoms with Crippen molar-refractivity contribution in [2.45, 2.75) is 109 Å². The molecule has 22 nitrogen and oxygen atoms in total. The van der Waals surface area contributed by atoms with Crippen LogP contribution in [0.15, 0.2) is 24.3 Å². The zero-order valence-corrected chi connectivity index (χ0v) is 35.4. The molecular formula is C39H61N11O11. The molecule has 0 aromatic heterocycles. The fourth-order valence-corrected chi connectivity index (χ4v) is 6.23. The summed E-state index contributed by atoms with van der Waals surface area (Å²) < 4.78 is 0. The number of carbonyl (C=O) groups is 10. The largest absolute Gasteiger partial charge is 0.508 e. The van der Waals surface area contributed by atoms with Crippen molar-refractivity contribution in [2.75, 3.05) is 26.7 Å². The van der Waals surface area contributed by atoms with E-state index in [2.05, 4.69) is 37.2 Å². The van der Waals surface area contributed by atoms with Gasteiger partial charge in [0.05, 0.1) is 25.6 Å². The summed E-state index contributed by atoms with van der Waals surface area (Å²) in [6.07, 6.45) is -1.27. The molecule has 61 heavy (non-hydrogen) atoms. The second-order valence-electron chi connectivity index (χ2n) is 16.1. The number of aromatic hydroxyl groups is 1. The van der Waals surface area contributed by atoms with Crippen LogP contribution < -0.4 is 54.4 Å². The highest BCUT2D eigenvalue weighted by Gasteiger charge is 2.37. The van der Waals surface area contributed by atoms with Crippen molar-refractivity contribution in [3.05, 3.63) is 29.8 Å². The van der Waals surface area contributed by atoms with Gasteiger partial charge in [-0.3, -0.25) is 47.9 Å². The van der Waals surface area contributed by atoms with E-state index in [1.165, 1.54) is 19.2 Å². The first-order chi connectivity index (χ1) is 28.4. The van der Waals surface area contributed by atoms with E-state index in [-0.39, 0.29) is 38.0 Å². The first-order valence-corrected chi connectivity index (χ1v) is 19.8. The predicted molar refractivity (Wildman–Crippen MR) is 219 cm³/mol. The molecule has 0 radical (unpaired) electrons. The van der Waals surface area contributed by atoms with Gasteiger partial charge in [-0.1, -0.05) is 53.2 Å². The van der Waals surface area contributed by atoms with Gasteiger partial charge in [0.15, 0.2) is 0 Å². The quantitative estimate of drug-likeness (QED) is 0.0758. The number of primary amides is 3. The van der Waals surface area contributed by atoms with Crippen LogP contribution in [0.5, 0.6) is 5.75 Å². The van der Waals surface area contributed by atoms with E-state index < -0.39 is 126 Å². The molecule has 0 spiro atoms. The van der Waals surface area contributed by atoms with Gasteiger partial charge in [0.25, 0.3) is 0 Å². The van der Waals surface area contributed by atoms with Crippen molar-refractivity contribution in [3.8, 4) is 5.75 Å². The van der Waals surface area contributed by atoms with Gasteiger partial charge < -0.3 is 64.4 Å². The molecule has 0 unspecified atom stereocenters. The molecule has 0 aliphatic carbocycles. The molecule has 14 N–H and O–H groups in total. The third-order valence-corrected chi connectivity index (χ3v) is 9.90. The maximum Gasteiger partial charge on any atom is 0.245 e. The monoisotopic (exact) mass is 859 g/mol. The standard InChI is InChI=1S/C39H61N11O11/c1-7-20(2)31-36(59)45-23(12-13-27(40)52)33(56)47-26(17-28(41)53)35(58)46-24(14-15-43-25(34(57)49-31)16-21-8-10-22(51)11-9-21)38(61)50(6)19-30(55)48-32(39(3,4)5)37(60)44-18-29(42)54/h8-11,20,23-26,31-32,43,51H,7,12-19H2,1-6H3,(H2,40,52)(H2,41,53)(H2,42,54)(H,44,60)(H,45,59)(H,46,58)(H,47,56)(H,48,55)(H,49,57)/t20-,23-,24-,25-,26-,31-,32+/m0/s1. The average molecular weight is 860 g/mol. The zero-order chi connectivity index (χ0) is 46.2. The van der Waals surface area contributed by atoms with Crippen LogP contribution in [0.2, 0.25) is 0 Å². The minimum Gasteiger partial charge on any atom is -0.508 e. The smallest absolute Gasteiger partial charge is 0.245 e. The topological polar surface area (TPSA) is 356 Å². The number of rotatable bonds is 16. The molecule has 0 saturated carbocycles.